The molecule has 0 saturated carbocycles. The van der Waals surface area contributed by atoms with Gasteiger partial charge in [-0.3, -0.25) is 0 Å². The smallest absolute Gasteiger partial charge is 0.339 e. The van der Waals surface area contributed by atoms with Gasteiger partial charge in [0.15, 0.2) is 0 Å². The van der Waals surface area contributed by atoms with Crippen LogP contribution >= 0.6 is 63.7 Å². The van der Waals surface area contributed by atoms with Gasteiger partial charge in [-0.05, 0) is 44.0 Å². The average Bonchev–Trinajstić information content (AvgIpc) is 2.32. The Balaban J connectivity index is 2.88. The lowest BCUT2D eigenvalue weighted by atomic mass is 10.2. The number of carbonyl (C=O) groups is 1. The minimum Gasteiger partial charge on any atom is -0.748 e. The molecule has 5 nitrogen and oxygen atoms in total. The number of hydrogen-bond donors (Lipinski definition) is 0. The van der Waals surface area contributed by atoms with Gasteiger partial charge in [0.25, 0.3) is 0 Å². The topological polar surface area (TPSA) is 83.5 Å². The molecule has 0 bridgehead atoms. The van der Waals surface area contributed by atoms with Crippen LogP contribution in [0.5, 0.6) is 0 Å². The predicted octanol–water partition coefficient (Wildman–Crippen LogP) is 3.44. The minimum absolute atomic E-state index is 0.102. The lowest BCUT2D eigenvalue weighted by Gasteiger charge is -2.18. The number of halogens is 4. The van der Waals surface area contributed by atoms with Crippen molar-refractivity contribution in [2.45, 2.75) is 5.25 Å². The summed E-state index contributed by atoms with van der Waals surface area (Å²) in [6.07, 6.45) is 0. The summed E-state index contributed by atoms with van der Waals surface area (Å²) >= 11 is 12.6. The van der Waals surface area contributed by atoms with E-state index in [1.165, 1.54) is 6.07 Å². The van der Waals surface area contributed by atoms with Crippen LogP contribution in [0.2, 0.25) is 0 Å². The van der Waals surface area contributed by atoms with Crippen LogP contribution in [0.1, 0.15) is 10.4 Å². The molecule has 1 unspecified atom stereocenters. The van der Waals surface area contributed by atoms with Crippen molar-refractivity contribution < 1.29 is 22.5 Å². The second-order valence-corrected chi connectivity index (χ2v) is 8.48. The first-order valence-corrected chi connectivity index (χ1v) is 9.96. The van der Waals surface area contributed by atoms with Crippen molar-refractivity contribution in [2.24, 2.45) is 0 Å². The summed E-state index contributed by atoms with van der Waals surface area (Å²) in [7, 11) is -4.52. The molecule has 0 N–H and O–H groups in total. The number of hydrogen-bond acceptors (Lipinski definition) is 5. The number of ether oxygens (including phenoxy) is 1. The maximum Gasteiger partial charge on any atom is 0.339 e. The second-order valence-electron chi connectivity index (χ2n) is 3.62. The van der Waals surface area contributed by atoms with Crippen molar-refractivity contribution in [1.29, 1.82) is 0 Å². The molecule has 0 heterocycles. The van der Waals surface area contributed by atoms with Crippen LogP contribution in [0, 0.1) is 0 Å². The molecule has 1 rings (SSSR count). The van der Waals surface area contributed by atoms with E-state index in [-0.39, 0.29) is 10.9 Å². The van der Waals surface area contributed by atoms with Gasteiger partial charge in [0.2, 0.25) is 0 Å². The van der Waals surface area contributed by atoms with Crippen molar-refractivity contribution in [3.05, 3.63) is 31.1 Å². The normalized spacial score (nSPS) is 13.1. The Morgan fingerprint density at radius 2 is 1.90 bits per heavy atom. The lowest BCUT2D eigenvalue weighted by Crippen LogP contribution is -2.29. The van der Waals surface area contributed by atoms with E-state index in [4.69, 9.17) is 4.74 Å². The molecular weight excluding hydrogens is 552 g/mol. The molecule has 10 heteroatoms. The summed E-state index contributed by atoms with van der Waals surface area (Å²) in [5.74, 6) is -0.728. The first-order chi connectivity index (χ1) is 9.16. The molecule has 20 heavy (non-hydrogen) atoms. The highest BCUT2D eigenvalue weighted by molar-refractivity contribution is 9.13. The molecule has 0 saturated heterocycles. The van der Waals surface area contributed by atoms with Crippen LogP contribution in [0.25, 0.3) is 0 Å². The molecule has 0 fully saturated rings. The Labute approximate surface area is 149 Å². The average molecular weight is 559 g/mol. The molecule has 0 radical (unpaired) electrons. The van der Waals surface area contributed by atoms with Gasteiger partial charge in [-0.2, -0.15) is 0 Å². The summed E-state index contributed by atoms with van der Waals surface area (Å²) in [5, 5.41) is -1.42. The fourth-order valence-electron chi connectivity index (χ4n) is 1.16. The standard InChI is InChI=1S/C10H8Br4O5S/c11-3-6(20(16,17)18)4-19-10(15)7-1-5(12)2-8(13)9(7)14/h1-2,6H,3-4H2,(H,16,17,18)/p-1. The summed E-state index contributed by atoms with van der Waals surface area (Å²) in [5.41, 5.74) is 0.211. The van der Waals surface area contributed by atoms with Crippen LogP contribution in [0.4, 0.5) is 0 Å². The van der Waals surface area contributed by atoms with Gasteiger partial charge in [-0.25, -0.2) is 13.2 Å². The molecule has 0 aromatic heterocycles. The van der Waals surface area contributed by atoms with Crippen LogP contribution in [0.3, 0.4) is 0 Å². The van der Waals surface area contributed by atoms with Gasteiger partial charge in [0.05, 0.1) is 10.8 Å². The van der Waals surface area contributed by atoms with Crippen molar-refractivity contribution in [1.82, 2.24) is 0 Å². The lowest BCUT2D eigenvalue weighted by molar-refractivity contribution is 0.0506. The van der Waals surface area contributed by atoms with Gasteiger partial charge in [0, 0.05) is 18.7 Å². The quantitative estimate of drug-likeness (QED) is 0.239. The highest BCUT2D eigenvalue weighted by Crippen LogP contribution is 2.31. The van der Waals surface area contributed by atoms with Crippen molar-refractivity contribution in [3.8, 4) is 0 Å². The molecule has 0 aliphatic heterocycles. The Morgan fingerprint density at radius 3 is 2.40 bits per heavy atom. The van der Waals surface area contributed by atoms with Gasteiger partial charge < -0.3 is 9.29 Å². The third kappa shape index (κ3) is 5.06. The Kier molecular flexibility index (Phi) is 7.13. The van der Waals surface area contributed by atoms with Crippen molar-refractivity contribution in [3.63, 3.8) is 0 Å². The number of carbonyl (C=O) groups excluding carboxylic acids is 1. The van der Waals surface area contributed by atoms with E-state index >= 15 is 0 Å². The molecule has 1 aromatic carbocycles. The highest BCUT2D eigenvalue weighted by atomic mass is 79.9. The molecule has 0 amide bonds. The van der Waals surface area contributed by atoms with Gasteiger partial charge >= 0.3 is 5.97 Å². The van der Waals surface area contributed by atoms with Crippen molar-refractivity contribution >= 4 is 79.8 Å². The van der Waals surface area contributed by atoms with E-state index < -0.39 is 27.9 Å². The van der Waals surface area contributed by atoms with E-state index in [0.717, 1.165) is 0 Å². The van der Waals surface area contributed by atoms with E-state index in [9.17, 15) is 17.8 Å². The largest absolute Gasteiger partial charge is 0.748 e. The zero-order valence-electron chi connectivity index (χ0n) is 9.61. The van der Waals surface area contributed by atoms with Gasteiger partial charge in [-0.1, -0.05) is 31.9 Å². The number of esters is 1. The van der Waals surface area contributed by atoms with Crippen LogP contribution < -0.4 is 0 Å². The fraction of sp³-hybridized carbons (Fsp3) is 0.300. The molecule has 1 atom stereocenters. The van der Waals surface area contributed by atoms with Gasteiger partial charge in [-0.15, -0.1) is 0 Å². The zero-order chi connectivity index (χ0) is 15.5. The zero-order valence-corrected chi connectivity index (χ0v) is 16.8. The monoisotopic (exact) mass is 555 g/mol. The Hall–Kier alpha value is 0.520. The maximum absolute atomic E-state index is 11.9. The summed E-state index contributed by atoms with van der Waals surface area (Å²) in [6, 6.07) is 3.25. The molecular formula is C10H7Br4O5S-. The number of alkyl halides is 1. The molecule has 0 aliphatic carbocycles. The fourth-order valence-corrected chi connectivity index (χ4v) is 4.32. The minimum atomic E-state index is -4.52. The number of benzene rings is 1. The first-order valence-electron chi connectivity index (χ1n) is 4.99. The molecule has 0 aliphatic rings. The molecule has 112 valence electrons. The maximum atomic E-state index is 11.9. The summed E-state index contributed by atoms with van der Waals surface area (Å²) in [4.78, 5) is 11.9. The third-order valence-electron chi connectivity index (χ3n) is 2.19. The Bertz CT molecular complexity index is 616. The van der Waals surface area contributed by atoms with E-state index in [1.54, 1.807) is 6.07 Å². The third-order valence-corrected chi connectivity index (χ3v) is 6.99. The van der Waals surface area contributed by atoms with Crippen LogP contribution in [-0.2, 0) is 14.9 Å². The predicted molar refractivity (Wildman–Crippen MR) is 87.1 cm³/mol. The van der Waals surface area contributed by atoms with Crippen molar-refractivity contribution in [2.75, 3.05) is 11.9 Å². The van der Waals surface area contributed by atoms with E-state index in [2.05, 4.69) is 63.7 Å². The SMILES string of the molecule is O=C(OCC(CBr)S(=O)(=O)[O-])c1cc(Br)cc(Br)c1Br. The van der Waals surface area contributed by atoms with Crippen LogP contribution in [0.15, 0.2) is 25.6 Å². The first kappa shape index (κ1) is 18.6. The number of rotatable bonds is 5. The van der Waals surface area contributed by atoms with E-state index in [1.807, 2.05) is 0 Å². The summed E-state index contributed by atoms with van der Waals surface area (Å²) in [6.45, 7) is -0.507. The van der Waals surface area contributed by atoms with Crippen LogP contribution in [-0.4, -0.2) is 36.1 Å². The van der Waals surface area contributed by atoms with Gasteiger partial charge in [0.1, 0.15) is 16.7 Å². The molecule has 0 spiro atoms. The summed E-state index contributed by atoms with van der Waals surface area (Å²) < 4.78 is 39.3. The Morgan fingerprint density at radius 1 is 1.30 bits per heavy atom. The van der Waals surface area contributed by atoms with E-state index in [0.29, 0.717) is 13.4 Å². The molecule has 1 aromatic rings. The highest BCUT2D eigenvalue weighted by Gasteiger charge is 2.20. The second kappa shape index (κ2) is 7.68.